The highest BCUT2D eigenvalue weighted by Crippen LogP contribution is 2.44. The largest absolute Gasteiger partial charge is 0.393 e. The Labute approximate surface area is 149 Å². The summed E-state index contributed by atoms with van der Waals surface area (Å²) in [6, 6.07) is 0.288. The summed E-state index contributed by atoms with van der Waals surface area (Å²) in [6.45, 7) is 2.33. The minimum atomic E-state index is -0.327. The fourth-order valence-corrected chi connectivity index (χ4v) is 5.19. The average Bonchev–Trinajstić information content (AvgIpc) is 2.92. The van der Waals surface area contributed by atoms with Gasteiger partial charge in [0.15, 0.2) is 0 Å². The van der Waals surface area contributed by atoms with Gasteiger partial charge in [0.05, 0.1) is 17.2 Å². The molecule has 1 spiro atoms. The molecule has 3 fully saturated rings. The number of allylic oxidation sites excluding steroid dienone is 3. The van der Waals surface area contributed by atoms with E-state index < -0.39 is 0 Å². The van der Waals surface area contributed by atoms with Crippen LogP contribution in [0.3, 0.4) is 0 Å². The van der Waals surface area contributed by atoms with E-state index in [0.29, 0.717) is 12.2 Å². The number of piperidine rings is 1. The number of amides is 1. The van der Waals surface area contributed by atoms with E-state index in [-0.39, 0.29) is 29.3 Å². The molecule has 0 radical (unpaired) electrons. The van der Waals surface area contributed by atoms with E-state index >= 15 is 0 Å². The zero-order chi connectivity index (χ0) is 17.4. The quantitative estimate of drug-likeness (QED) is 0.834. The van der Waals surface area contributed by atoms with Crippen LogP contribution < -0.4 is 0 Å². The van der Waals surface area contributed by atoms with E-state index in [1.54, 1.807) is 6.08 Å². The van der Waals surface area contributed by atoms with Gasteiger partial charge in [0.2, 0.25) is 5.91 Å². The first-order valence-corrected chi connectivity index (χ1v) is 9.89. The number of hydrogen-bond acceptors (Lipinski definition) is 3. The molecule has 1 amide bonds. The van der Waals surface area contributed by atoms with Crippen LogP contribution in [0.2, 0.25) is 0 Å². The monoisotopic (exact) mass is 348 g/mol. The van der Waals surface area contributed by atoms with E-state index in [0.717, 1.165) is 70.9 Å². The highest BCUT2D eigenvalue weighted by molar-refractivity contribution is 5.85. The first-order valence-electron chi connectivity index (χ1n) is 9.89. The first kappa shape index (κ1) is 17.1. The second-order valence-corrected chi connectivity index (χ2v) is 8.24. The Kier molecular flexibility index (Phi) is 4.61. The van der Waals surface area contributed by atoms with Crippen molar-refractivity contribution in [2.75, 3.05) is 19.6 Å². The van der Waals surface area contributed by atoms with Crippen molar-refractivity contribution in [3.05, 3.63) is 23.7 Å². The first-order chi connectivity index (χ1) is 12.1. The lowest BCUT2D eigenvalue weighted by molar-refractivity contribution is -0.141. The van der Waals surface area contributed by atoms with Gasteiger partial charge in [0, 0.05) is 25.7 Å². The Hall–Kier alpha value is -1.36. The highest BCUT2D eigenvalue weighted by Gasteiger charge is 2.51. The van der Waals surface area contributed by atoms with Crippen molar-refractivity contribution >= 4 is 5.91 Å². The molecule has 0 unspecified atom stereocenters. The number of likely N-dealkylation sites (tertiary alicyclic amines) is 2. The third-order valence-electron chi connectivity index (χ3n) is 6.64. The summed E-state index contributed by atoms with van der Waals surface area (Å²) >= 11 is 0. The lowest BCUT2D eigenvalue weighted by atomic mass is 9.78. The highest BCUT2D eigenvalue weighted by atomic mass is 19.1. The zero-order valence-corrected chi connectivity index (χ0v) is 14.9. The number of rotatable bonds is 2. The van der Waals surface area contributed by atoms with Crippen LogP contribution in [-0.4, -0.2) is 52.6 Å². The summed E-state index contributed by atoms with van der Waals surface area (Å²) in [6.07, 6.45) is 11.3. The normalized spacial score (nSPS) is 36.6. The Morgan fingerprint density at radius 3 is 2.60 bits per heavy atom. The van der Waals surface area contributed by atoms with Crippen molar-refractivity contribution in [1.29, 1.82) is 0 Å². The molecule has 4 nitrogen and oxygen atoms in total. The minimum Gasteiger partial charge on any atom is -0.393 e. The molecule has 5 heteroatoms. The summed E-state index contributed by atoms with van der Waals surface area (Å²) < 4.78 is 14.2. The molecule has 2 aliphatic carbocycles. The average molecular weight is 348 g/mol. The predicted octanol–water partition coefficient (Wildman–Crippen LogP) is 3.14. The SMILES string of the molecule is O=C1N(C2CCC(O)CC2)CC[C@@]12CCCN(C1=CCCC=C1F)C2. The summed E-state index contributed by atoms with van der Waals surface area (Å²) in [7, 11) is 0. The smallest absolute Gasteiger partial charge is 0.230 e. The number of aliphatic hydroxyl groups is 1. The third kappa shape index (κ3) is 3.12. The van der Waals surface area contributed by atoms with E-state index in [2.05, 4.69) is 9.80 Å². The molecule has 1 N–H and O–H groups in total. The predicted molar refractivity (Wildman–Crippen MR) is 94.3 cm³/mol. The van der Waals surface area contributed by atoms with Crippen molar-refractivity contribution in [2.24, 2.45) is 5.41 Å². The van der Waals surface area contributed by atoms with Crippen LogP contribution in [-0.2, 0) is 4.79 Å². The Morgan fingerprint density at radius 2 is 1.84 bits per heavy atom. The van der Waals surface area contributed by atoms with Gasteiger partial charge in [-0.05, 0) is 63.9 Å². The summed E-state index contributed by atoms with van der Waals surface area (Å²) in [4.78, 5) is 17.5. The van der Waals surface area contributed by atoms with E-state index in [1.165, 1.54) is 0 Å². The maximum absolute atomic E-state index is 14.2. The number of carbonyl (C=O) groups excluding carboxylic acids is 1. The molecule has 2 aliphatic heterocycles. The number of carbonyl (C=O) groups is 1. The van der Waals surface area contributed by atoms with Crippen molar-refractivity contribution in [2.45, 2.75) is 69.9 Å². The molecule has 0 aromatic heterocycles. The molecular formula is C20H29FN2O2. The van der Waals surface area contributed by atoms with Gasteiger partial charge in [-0.15, -0.1) is 0 Å². The van der Waals surface area contributed by atoms with E-state index in [1.807, 2.05) is 6.08 Å². The van der Waals surface area contributed by atoms with Crippen LogP contribution in [0.25, 0.3) is 0 Å². The molecule has 2 heterocycles. The number of aliphatic hydroxyl groups excluding tert-OH is 1. The van der Waals surface area contributed by atoms with E-state index in [4.69, 9.17) is 0 Å². The zero-order valence-electron chi connectivity index (χ0n) is 14.9. The van der Waals surface area contributed by atoms with Gasteiger partial charge in [-0.25, -0.2) is 4.39 Å². The van der Waals surface area contributed by atoms with Gasteiger partial charge in [-0.1, -0.05) is 6.08 Å². The Morgan fingerprint density at radius 1 is 1.08 bits per heavy atom. The molecular weight excluding hydrogens is 319 g/mol. The fourth-order valence-electron chi connectivity index (χ4n) is 5.19. The summed E-state index contributed by atoms with van der Waals surface area (Å²) in [5.41, 5.74) is 0.379. The summed E-state index contributed by atoms with van der Waals surface area (Å²) in [5.74, 6) is 0.159. The molecule has 0 bridgehead atoms. The maximum atomic E-state index is 14.2. The lowest BCUT2D eigenvalue weighted by Gasteiger charge is -2.42. The molecule has 2 saturated heterocycles. The third-order valence-corrected chi connectivity index (χ3v) is 6.64. The number of hydrogen-bond donors (Lipinski definition) is 1. The molecule has 4 aliphatic rings. The molecule has 25 heavy (non-hydrogen) atoms. The van der Waals surface area contributed by atoms with E-state index in [9.17, 15) is 14.3 Å². The molecule has 0 aromatic rings. The molecule has 138 valence electrons. The number of nitrogens with zero attached hydrogens (tertiary/aromatic N) is 2. The maximum Gasteiger partial charge on any atom is 0.230 e. The van der Waals surface area contributed by atoms with Crippen LogP contribution in [0, 0.1) is 5.41 Å². The van der Waals surface area contributed by atoms with Crippen LogP contribution in [0.15, 0.2) is 23.7 Å². The van der Waals surface area contributed by atoms with Crippen molar-refractivity contribution in [1.82, 2.24) is 9.80 Å². The molecule has 1 atom stereocenters. The van der Waals surface area contributed by atoms with Gasteiger partial charge in [0.25, 0.3) is 0 Å². The van der Waals surface area contributed by atoms with Gasteiger partial charge in [0.1, 0.15) is 5.83 Å². The van der Waals surface area contributed by atoms with Gasteiger partial charge < -0.3 is 14.9 Å². The van der Waals surface area contributed by atoms with Gasteiger partial charge in [-0.3, -0.25) is 4.79 Å². The minimum absolute atomic E-state index is 0.119. The van der Waals surface area contributed by atoms with Crippen LogP contribution in [0.1, 0.15) is 57.8 Å². The molecule has 0 aromatic carbocycles. The van der Waals surface area contributed by atoms with Crippen LogP contribution >= 0.6 is 0 Å². The molecule has 1 saturated carbocycles. The van der Waals surface area contributed by atoms with Crippen LogP contribution in [0.5, 0.6) is 0 Å². The fraction of sp³-hybridized carbons (Fsp3) is 0.750. The Bertz CT molecular complexity index is 595. The second kappa shape index (κ2) is 6.75. The standard InChI is InChI=1S/C20H29FN2O2/c21-17-4-1-2-5-18(17)22-12-3-10-20(14-22)11-13-23(19(20)25)15-6-8-16(24)9-7-15/h4-5,15-16,24H,1-3,6-14H2/t15?,16?,20-/m1/s1. The Balaban J connectivity index is 1.47. The van der Waals surface area contributed by atoms with Crippen molar-refractivity contribution in [3.63, 3.8) is 0 Å². The topological polar surface area (TPSA) is 43.8 Å². The van der Waals surface area contributed by atoms with Crippen molar-refractivity contribution < 1.29 is 14.3 Å². The summed E-state index contributed by atoms with van der Waals surface area (Å²) in [5, 5.41) is 9.72. The van der Waals surface area contributed by atoms with Gasteiger partial charge in [-0.2, -0.15) is 0 Å². The molecule has 4 rings (SSSR count). The van der Waals surface area contributed by atoms with Gasteiger partial charge >= 0.3 is 0 Å². The van der Waals surface area contributed by atoms with Crippen molar-refractivity contribution in [3.8, 4) is 0 Å². The lowest BCUT2D eigenvalue weighted by Crippen LogP contribution is -2.49. The second-order valence-electron chi connectivity index (χ2n) is 8.24. The number of halogens is 1. The van der Waals surface area contributed by atoms with Crippen LogP contribution in [0.4, 0.5) is 4.39 Å².